The third-order valence-corrected chi connectivity index (χ3v) is 10.3. The van der Waals surface area contributed by atoms with Crippen molar-refractivity contribution in [1.82, 2.24) is 10.2 Å². The number of sulfonamides is 1. The lowest BCUT2D eigenvalue weighted by Gasteiger charge is -2.34. The van der Waals surface area contributed by atoms with E-state index in [0.717, 1.165) is 26.6 Å². The molecule has 0 fully saturated rings. The van der Waals surface area contributed by atoms with Gasteiger partial charge in [-0.3, -0.25) is 13.9 Å². The number of nitrogens with zero attached hydrogens (tertiary/aromatic N) is 2. The summed E-state index contributed by atoms with van der Waals surface area (Å²) in [6.45, 7) is 7.21. The molecule has 0 aliphatic heterocycles. The van der Waals surface area contributed by atoms with Crippen LogP contribution in [-0.4, -0.2) is 43.8 Å². The molecule has 0 aliphatic rings. The summed E-state index contributed by atoms with van der Waals surface area (Å²) in [6, 6.07) is 26.5. The Morgan fingerprint density at radius 3 is 2.00 bits per heavy atom. The van der Waals surface area contributed by atoms with Crippen molar-refractivity contribution in [3.63, 3.8) is 0 Å². The summed E-state index contributed by atoms with van der Waals surface area (Å²) in [5.74, 6) is -0.857. The Balaban J connectivity index is 1.82. The summed E-state index contributed by atoms with van der Waals surface area (Å²) in [6.07, 6.45) is 0.935. The first kappa shape index (κ1) is 35.0. The summed E-state index contributed by atoms with van der Waals surface area (Å²) >= 11 is 12.2. The van der Waals surface area contributed by atoms with Gasteiger partial charge >= 0.3 is 0 Å². The zero-order valence-electron chi connectivity index (χ0n) is 26.4. The van der Waals surface area contributed by atoms with Crippen LogP contribution in [0.15, 0.2) is 102 Å². The summed E-state index contributed by atoms with van der Waals surface area (Å²) < 4.78 is 29.5. The minimum Gasteiger partial charge on any atom is -0.352 e. The van der Waals surface area contributed by atoms with Gasteiger partial charge in [0.2, 0.25) is 11.8 Å². The van der Waals surface area contributed by atoms with Gasteiger partial charge in [-0.25, -0.2) is 8.42 Å². The molecule has 4 aromatic carbocycles. The van der Waals surface area contributed by atoms with Crippen molar-refractivity contribution < 1.29 is 18.0 Å². The van der Waals surface area contributed by atoms with Crippen LogP contribution >= 0.6 is 23.2 Å². The molecule has 1 N–H and O–H groups in total. The Kier molecular flexibility index (Phi) is 11.9. The number of hydrogen-bond acceptors (Lipinski definition) is 4. The van der Waals surface area contributed by atoms with Gasteiger partial charge in [-0.05, 0) is 98.0 Å². The second-order valence-corrected chi connectivity index (χ2v) is 14.1. The Morgan fingerprint density at radius 1 is 0.804 bits per heavy atom. The second-order valence-electron chi connectivity index (χ2n) is 11.4. The molecule has 0 saturated carbocycles. The van der Waals surface area contributed by atoms with Gasteiger partial charge in [0.25, 0.3) is 10.0 Å². The lowest BCUT2D eigenvalue weighted by molar-refractivity contribution is -0.140. The first-order chi connectivity index (χ1) is 21.9. The number of aryl methyl sites for hydroxylation is 2. The van der Waals surface area contributed by atoms with E-state index in [2.05, 4.69) is 5.32 Å². The molecular weight excluding hydrogens is 641 g/mol. The molecular formula is C36H39Cl2N3O4S. The van der Waals surface area contributed by atoms with Crippen molar-refractivity contribution >= 4 is 50.7 Å². The van der Waals surface area contributed by atoms with Gasteiger partial charge < -0.3 is 10.2 Å². The number of hydrogen-bond donors (Lipinski definition) is 1. The van der Waals surface area contributed by atoms with Crippen molar-refractivity contribution in [2.45, 2.75) is 64.1 Å². The van der Waals surface area contributed by atoms with Crippen LogP contribution in [0.25, 0.3) is 0 Å². The molecule has 0 bridgehead atoms. The number of carbonyl (C=O) groups is 2. The Morgan fingerprint density at radius 2 is 1.41 bits per heavy atom. The molecule has 0 aromatic heterocycles. The van der Waals surface area contributed by atoms with E-state index in [1.807, 2.05) is 64.1 Å². The summed E-state index contributed by atoms with van der Waals surface area (Å²) in [5, 5.41) is 3.96. The van der Waals surface area contributed by atoms with E-state index in [1.54, 1.807) is 36.4 Å². The monoisotopic (exact) mass is 679 g/mol. The van der Waals surface area contributed by atoms with Crippen molar-refractivity contribution in [2.75, 3.05) is 10.8 Å². The predicted octanol–water partition coefficient (Wildman–Crippen LogP) is 7.36. The molecule has 4 rings (SSSR count). The van der Waals surface area contributed by atoms with Gasteiger partial charge in [-0.2, -0.15) is 0 Å². The maximum Gasteiger partial charge on any atom is 0.264 e. The third kappa shape index (κ3) is 8.90. The number of nitrogens with one attached hydrogen (secondary N) is 1. The average molecular weight is 681 g/mol. The van der Waals surface area contributed by atoms with E-state index >= 15 is 0 Å². The number of benzene rings is 4. The number of amides is 2. The van der Waals surface area contributed by atoms with Crippen LogP contribution in [0.2, 0.25) is 10.0 Å². The zero-order chi connectivity index (χ0) is 33.4. The van der Waals surface area contributed by atoms with Crippen molar-refractivity contribution in [1.29, 1.82) is 0 Å². The minimum absolute atomic E-state index is 0.0115. The van der Waals surface area contributed by atoms with Gasteiger partial charge in [-0.1, -0.05) is 78.7 Å². The molecule has 4 aromatic rings. The normalized spacial score (nSPS) is 12.7. The first-order valence-corrected chi connectivity index (χ1v) is 17.3. The first-order valence-electron chi connectivity index (χ1n) is 15.1. The van der Waals surface area contributed by atoms with E-state index in [-0.39, 0.29) is 29.8 Å². The van der Waals surface area contributed by atoms with Gasteiger partial charge in [0.15, 0.2) is 0 Å². The highest BCUT2D eigenvalue weighted by Gasteiger charge is 2.35. The fourth-order valence-corrected chi connectivity index (χ4v) is 6.58. The standard InChI is InChI=1S/C36H39Cl2N3O4S/c1-5-27(4)39-36(43)34(22-28-9-7-6-8-10-28)40(23-29-12-14-30(37)15-13-29)35(42)24-41(32-18-11-25(2)26(3)21-32)46(44,45)33-19-16-31(38)17-20-33/h6-21,27,34H,5,22-24H2,1-4H3,(H,39,43). The largest absolute Gasteiger partial charge is 0.352 e. The molecule has 242 valence electrons. The number of carbonyl (C=O) groups excluding carboxylic acids is 2. The van der Waals surface area contributed by atoms with Crippen LogP contribution in [0.4, 0.5) is 5.69 Å². The topological polar surface area (TPSA) is 86.8 Å². The molecule has 0 saturated heterocycles. The fraction of sp³-hybridized carbons (Fsp3) is 0.278. The molecule has 2 unspecified atom stereocenters. The highest BCUT2D eigenvalue weighted by Crippen LogP contribution is 2.28. The summed E-state index contributed by atoms with van der Waals surface area (Å²) in [5.41, 5.74) is 3.79. The van der Waals surface area contributed by atoms with Crippen molar-refractivity contribution in [3.05, 3.63) is 129 Å². The highest BCUT2D eigenvalue weighted by molar-refractivity contribution is 7.92. The molecule has 2 amide bonds. The highest BCUT2D eigenvalue weighted by atomic mass is 35.5. The fourth-order valence-electron chi connectivity index (χ4n) is 4.92. The Labute approximate surface area is 282 Å². The van der Waals surface area contributed by atoms with Crippen LogP contribution in [0.1, 0.15) is 42.5 Å². The lowest BCUT2D eigenvalue weighted by Crippen LogP contribution is -2.54. The van der Waals surface area contributed by atoms with Crippen LogP contribution < -0.4 is 9.62 Å². The molecule has 0 aliphatic carbocycles. The van der Waals surface area contributed by atoms with Crippen molar-refractivity contribution in [3.8, 4) is 0 Å². The maximum atomic E-state index is 14.6. The van der Waals surface area contributed by atoms with Crippen LogP contribution in [0, 0.1) is 13.8 Å². The van der Waals surface area contributed by atoms with Crippen LogP contribution in [0.5, 0.6) is 0 Å². The van der Waals surface area contributed by atoms with Gasteiger partial charge in [0, 0.05) is 29.1 Å². The van der Waals surface area contributed by atoms with Crippen LogP contribution in [-0.2, 0) is 32.6 Å². The molecule has 0 heterocycles. The minimum atomic E-state index is -4.23. The van der Waals surface area contributed by atoms with E-state index in [4.69, 9.17) is 23.2 Å². The summed E-state index contributed by atoms with van der Waals surface area (Å²) in [4.78, 5) is 30.0. The predicted molar refractivity (Wildman–Crippen MR) is 186 cm³/mol. The molecule has 10 heteroatoms. The number of anilines is 1. The molecule has 46 heavy (non-hydrogen) atoms. The molecule has 7 nitrogen and oxygen atoms in total. The quantitative estimate of drug-likeness (QED) is 0.160. The van der Waals surface area contributed by atoms with Crippen LogP contribution in [0.3, 0.4) is 0 Å². The molecule has 0 spiro atoms. The van der Waals surface area contributed by atoms with E-state index in [1.165, 1.54) is 29.2 Å². The molecule has 2 atom stereocenters. The molecule has 0 radical (unpaired) electrons. The van der Waals surface area contributed by atoms with Gasteiger partial charge in [0.1, 0.15) is 12.6 Å². The lowest BCUT2D eigenvalue weighted by atomic mass is 10.0. The van der Waals surface area contributed by atoms with E-state index in [9.17, 15) is 18.0 Å². The third-order valence-electron chi connectivity index (χ3n) is 8.00. The van der Waals surface area contributed by atoms with E-state index < -0.39 is 28.5 Å². The number of halogens is 2. The smallest absolute Gasteiger partial charge is 0.264 e. The summed E-state index contributed by atoms with van der Waals surface area (Å²) in [7, 11) is -4.23. The van der Waals surface area contributed by atoms with E-state index in [0.29, 0.717) is 22.2 Å². The zero-order valence-corrected chi connectivity index (χ0v) is 28.7. The second kappa shape index (κ2) is 15.6. The van der Waals surface area contributed by atoms with Gasteiger partial charge in [0.05, 0.1) is 10.6 Å². The maximum absolute atomic E-state index is 14.6. The Bertz CT molecular complexity index is 1750. The number of rotatable bonds is 13. The van der Waals surface area contributed by atoms with Crippen molar-refractivity contribution in [2.24, 2.45) is 0 Å². The average Bonchev–Trinajstić information content (AvgIpc) is 3.04. The SMILES string of the molecule is CCC(C)NC(=O)C(Cc1ccccc1)N(Cc1ccc(Cl)cc1)C(=O)CN(c1ccc(C)c(C)c1)S(=O)(=O)c1ccc(Cl)cc1. The Hall–Kier alpha value is -3.85. The van der Waals surface area contributed by atoms with Gasteiger partial charge in [-0.15, -0.1) is 0 Å².